The standard InChI is InChI=1S/C8H9F3N4O2S/c1-15(3-2-4-16)7(17)12-6-14-13-5(18-6)8(9,10)11/h4H,2-3H2,1H3,(H,12,14,17). The zero-order valence-corrected chi connectivity index (χ0v) is 10.0. The molecule has 0 atom stereocenters. The summed E-state index contributed by atoms with van der Waals surface area (Å²) in [4.78, 5) is 22.7. The zero-order chi connectivity index (χ0) is 13.8. The first-order valence-corrected chi connectivity index (χ1v) is 5.52. The monoisotopic (exact) mass is 282 g/mol. The number of aldehydes is 1. The maximum Gasteiger partial charge on any atom is 0.445 e. The molecule has 1 N–H and O–H groups in total. The molecule has 0 saturated heterocycles. The number of rotatable bonds is 4. The summed E-state index contributed by atoms with van der Waals surface area (Å²) in [5.74, 6) is 0. The maximum absolute atomic E-state index is 12.2. The smallest absolute Gasteiger partial charge is 0.327 e. The number of nitrogens with zero attached hydrogens (tertiary/aromatic N) is 3. The molecule has 1 aromatic rings. The number of carbonyl (C=O) groups is 2. The maximum atomic E-state index is 12.2. The van der Waals surface area contributed by atoms with Crippen LogP contribution < -0.4 is 5.32 Å². The van der Waals surface area contributed by atoms with Crippen molar-refractivity contribution in [1.29, 1.82) is 0 Å². The minimum Gasteiger partial charge on any atom is -0.327 e. The first kappa shape index (κ1) is 14.4. The Morgan fingerprint density at radius 3 is 2.67 bits per heavy atom. The van der Waals surface area contributed by atoms with Gasteiger partial charge in [0.25, 0.3) is 0 Å². The molecule has 0 aliphatic heterocycles. The van der Waals surface area contributed by atoms with Crippen molar-refractivity contribution < 1.29 is 22.8 Å². The van der Waals surface area contributed by atoms with Gasteiger partial charge in [0.15, 0.2) is 0 Å². The van der Waals surface area contributed by atoms with Crippen LogP contribution in [-0.2, 0) is 11.0 Å². The van der Waals surface area contributed by atoms with Crippen molar-refractivity contribution in [2.45, 2.75) is 12.6 Å². The zero-order valence-electron chi connectivity index (χ0n) is 9.19. The molecule has 0 aliphatic carbocycles. The molecule has 18 heavy (non-hydrogen) atoms. The quantitative estimate of drug-likeness (QED) is 0.851. The Bertz CT molecular complexity index is 434. The molecule has 2 amide bonds. The fourth-order valence-electron chi connectivity index (χ4n) is 0.923. The van der Waals surface area contributed by atoms with Gasteiger partial charge < -0.3 is 9.69 Å². The van der Waals surface area contributed by atoms with E-state index in [0.29, 0.717) is 6.29 Å². The topological polar surface area (TPSA) is 75.2 Å². The number of nitrogens with one attached hydrogen (secondary N) is 1. The molecule has 0 spiro atoms. The molecule has 1 aromatic heterocycles. The number of hydrogen-bond acceptors (Lipinski definition) is 5. The second kappa shape index (κ2) is 5.76. The average Bonchev–Trinajstić information content (AvgIpc) is 2.73. The molecule has 0 aliphatic rings. The molecule has 1 heterocycles. The van der Waals surface area contributed by atoms with Gasteiger partial charge in [-0.25, -0.2) is 4.79 Å². The third-order valence-corrected chi connectivity index (χ3v) is 2.69. The number of amides is 2. The van der Waals surface area contributed by atoms with Crippen molar-refractivity contribution in [3.63, 3.8) is 0 Å². The highest BCUT2D eigenvalue weighted by Gasteiger charge is 2.35. The number of urea groups is 1. The van der Waals surface area contributed by atoms with Crippen LogP contribution in [0.25, 0.3) is 0 Å². The third-order valence-electron chi connectivity index (χ3n) is 1.81. The van der Waals surface area contributed by atoms with Crippen molar-refractivity contribution in [3.8, 4) is 0 Å². The van der Waals surface area contributed by atoms with Crippen LogP contribution >= 0.6 is 11.3 Å². The van der Waals surface area contributed by atoms with Gasteiger partial charge in [-0.3, -0.25) is 5.32 Å². The lowest BCUT2D eigenvalue weighted by atomic mass is 10.4. The summed E-state index contributed by atoms with van der Waals surface area (Å²) >= 11 is 0.234. The van der Waals surface area contributed by atoms with Crippen LogP contribution in [0.1, 0.15) is 11.4 Å². The minimum absolute atomic E-state index is 0.147. The fourth-order valence-corrected chi connectivity index (χ4v) is 1.52. The van der Waals surface area contributed by atoms with Gasteiger partial charge in [-0.15, -0.1) is 10.2 Å². The van der Waals surface area contributed by atoms with Crippen LogP contribution in [-0.4, -0.2) is 41.0 Å². The van der Waals surface area contributed by atoms with E-state index in [4.69, 9.17) is 0 Å². The molecule has 6 nitrogen and oxygen atoms in total. The minimum atomic E-state index is -4.58. The third kappa shape index (κ3) is 3.95. The molecule has 10 heteroatoms. The number of halogens is 3. The van der Waals surface area contributed by atoms with E-state index in [1.54, 1.807) is 0 Å². The van der Waals surface area contributed by atoms with E-state index in [1.807, 2.05) is 0 Å². The van der Waals surface area contributed by atoms with Crippen LogP contribution in [0.5, 0.6) is 0 Å². The molecule has 0 radical (unpaired) electrons. The molecule has 0 fully saturated rings. The van der Waals surface area contributed by atoms with Crippen LogP contribution in [0.2, 0.25) is 0 Å². The predicted octanol–water partition coefficient (Wildman–Crippen LogP) is 1.61. The number of carbonyl (C=O) groups excluding carboxylic acids is 2. The lowest BCUT2D eigenvalue weighted by Crippen LogP contribution is -2.32. The van der Waals surface area contributed by atoms with E-state index < -0.39 is 17.2 Å². The summed E-state index contributed by atoms with van der Waals surface area (Å²) in [5.41, 5.74) is 0. The van der Waals surface area contributed by atoms with E-state index in [-0.39, 0.29) is 29.4 Å². The van der Waals surface area contributed by atoms with Gasteiger partial charge in [0.2, 0.25) is 10.1 Å². The predicted molar refractivity (Wildman–Crippen MR) is 57.2 cm³/mol. The van der Waals surface area contributed by atoms with Gasteiger partial charge in [0, 0.05) is 20.0 Å². The Hall–Kier alpha value is -1.71. The summed E-state index contributed by atoms with van der Waals surface area (Å²) in [6.45, 7) is 0.167. The second-order valence-electron chi connectivity index (χ2n) is 3.22. The number of anilines is 1. The number of aromatic nitrogens is 2. The largest absolute Gasteiger partial charge is 0.445 e. The van der Waals surface area contributed by atoms with E-state index in [0.717, 1.165) is 4.90 Å². The molecule has 0 aromatic carbocycles. The Morgan fingerprint density at radius 2 is 2.17 bits per heavy atom. The number of hydrogen-bond donors (Lipinski definition) is 1. The van der Waals surface area contributed by atoms with Crippen molar-refractivity contribution >= 4 is 28.8 Å². The first-order chi connectivity index (χ1) is 8.34. The summed E-state index contributed by atoms with van der Waals surface area (Å²) in [6, 6.07) is -0.651. The highest BCUT2D eigenvalue weighted by molar-refractivity contribution is 7.15. The fraction of sp³-hybridized carbons (Fsp3) is 0.500. The summed E-state index contributed by atoms with van der Waals surface area (Å²) in [7, 11) is 1.41. The van der Waals surface area contributed by atoms with Crippen LogP contribution in [0.4, 0.5) is 23.1 Å². The Balaban J connectivity index is 2.60. The van der Waals surface area contributed by atoms with Crippen LogP contribution in [0, 0.1) is 0 Å². The second-order valence-corrected chi connectivity index (χ2v) is 4.19. The Morgan fingerprint density at radius 1 is 1.50 bits per heavy atom. The highest BCUT2D eigenvalue weighted by Crippen LogP contribution is 2.32. The molecule has 100 valence electrons. The van der Waals surface area contributed by atoms with E-state index in [1.165, 1.54) is 7.05 Å². The molecular weight excluding hydrogens is 273 g/mol. The van der Waals surface area contributed by atoms with Crippen molar-refractivity contribution in [3.05, 3.63) is 5.01 Å². The van der Waals surface area contributed by atoms with Gasteiger partial charge in [0.05, 0.1) is 0 Å². The number of alkyl halides is 3. The van der Waals surface area contributed by atoms with Crippen molar-refractivity contribution in [1.82, 2.24) is 15.1 Å². The molecule has 0 saturated carbocycles. The molecule has 0 unspecified atom stereocenters. The summed E-state index contributed by atoms with van der Waals surface area (Å²) < 4.78 is 36.6. The van der Waals surface area contributed by atoms with E-state index in [2.05, 4.69) is 15.5 Å². The van der Waals surface area contributed by atoms with Gasteiger partial charge in [-0.1, -0.05) is 11.3 Å². The lowest BCUT2D eigenvalue weighted by molar-refractivity contribution is -0.138. The molecular formula is C8H9F3N4O2S. The average molecular weight is 282 g/mol. The van der Waals surface area contributed by atoms with Gasteiger partial charge in [-0.05, 0) is 0 Å². The summed E-state index contributed by atoms with van der Waals surface area (Å²) in [5, 5.41) is 6.90. The Labute approximate surface area is 104 Å². The lowest BCUT2D eigenvalue weighted by Gasteiger charge is -2.14. The molecule has 1 rings (SSSR count). The van der Waals surface area contributed by atoms with Crippen LogP contribution in [0.3, 0.4) is 0 Å². The summed E-state index contributed by atoms with van der Waals surface area (Å²) in [6.07, 6.45) is -3.80. The van der Waals surface area contributed by atoms with Crippen molar-refractivity contribution in [2.24, 2.45) is 0 Å². The van der Waals surface area contributed by atoms with Crippen molar-refractivity contribution in [2.75, 3.05) is 18.9 Å². The SMILES string of the molecule is CN(CCC=O)C(=O)Nc1nnc(C(F)(F)F)s1. The van der Waals surface area contributed by atoms with Gasteiger partial charge in [-0.2, -0.15) is 13.2 Å². The van der Waals surface area contributed by atoms with Gasteiger partial charge >= 0.3 is 12.2 Å². The van der Waals surface area contributed by atoms with E-state index in [9.17, 15) is 22.8 Å². The Kier molecular flexibility index (Phi) is 4.59. The molecule has 0 bridgehead atoms. The first-order valence-electron chi connectivity index (χ1n) is 4.71. The highest BCUT2D eigenvalue weighted by atomic mass is 32.1. The van der Waals surface area contributed by atoms with E-state index >= 15 is 0 Å². The van der Waals surface area contributed by atoms with Crippen LogP contribution in [0.15, 0.2) is 0 Å². The normalized spacial score (nSPS) is 11.1. The van der Waals surface area contributed by atoms with Gasteiger partial charge in [0.1, 0.15) is 6.29 Å².